The Labute approximate surface area is 110 Å². The van der Waals surface area contributed by atoms with Crippen molar-refractivity contribution < 1.29 is 18.7 Å². The SMILES string of the molecule is CCCC(C)(CO)NC(=O)Nc1cccc(F)c1F. The summed E-state index contributed by atoms with van der Waals surface area (Å²) in [5.41, 5.74) is -1.03. The van der Waals surface area contributed by atoms with Crippen molar-refractivity contribution in [3.05, 3.63) is 29.8 Å². The summed E-state index contributed by atoms with van der Waals surface area (Å²) in [6.45, 7) is 3.36. The monoisotopic (exact) mass is 272 g/mol. The molecule has 0 heterocycles. The fourth-order valence-corrected chi connectivity index (χ4v) is 1.76. The summed E-state index contributed by atoms with van der Waals surface area (Å²) in [5, 5.41) is 14.0. The Balaban J connectivity index is 2.72. The molecule has 0 radical (unpaired) electrons. The van der Waals surface area contributed by atoms with Crippen LogP contribution in [-0.4, -0.2) is 23.3 Å². The molecule has 1 rings (SSSR count). The summed E-state index contributed by atoms with van der Waals surface area (Å²) < 4.78 is 26.3. The number of halogens is 2. The maximum Gasteiger partial charge on any atom is 0.319 e. The van der Waals surface area contributed by atoms with E-state index in [0.29, 0.717) is 6.42 Å². The number of hydrogen-bond donors (Lipinski definition) is 3. The lowest BCUT2D eigenvalue weighted by atomic mass is 9.98. The predicted molar refractivity (Wildman–Crippen MR) is 68.9 cm³/mol. The molecule has 0 saturated heterocycles. The zero-order chi connectivity index (χ0) is 14.5. The number of aliphatic hydroxyl groups is 1. The molecule has 19 heavy (non-hydrogen) atoms. The van der Waals surface area contributed by atoms with Crippen molar-refractivity contribution in [2.45, 2.75) is 32.2 Å². The Hall–Kier alpha value is -1.69. The number of rotatable bonds is 5. The van der Waals surface area contributed by atoms with Crippen LogP contribution >= 0.6 is 0 Å². The minimum absolute atomic E-state index is 0.236. The normalized spacial score (nSPS) is 13.7. The summed E-state index contributed by atoms with van der Waals surface area (Å²) in [6, 6.07) is 2.83. The average Bonchev–Trinajstić information content (AvgIpc) is 2.35. The van der Waals surface area contributed by atoms with E-state index in [1.165, 1.54) is 12.1 Å². The third-order valence-corrected chi connectivity index (χ3v) is 2.77. The molecule has 1 aromatic carbocycles. The average molecular weight is 272 g/mol. The number of amides is 2. The maximum absolute atomic E-state index is 13.4. The van der Waals surface area contributed by atoms with Crippen molar-refractivity contribution in [3.8, 4) is 0 Å². The summed E-state index contributed by atoms with van der Waals surface area (Å²) in [5.74, 6) is -2.14. The van der Waals surface area contributed by atoms with Crippen LogP contribution in [0.3, 0.4) is 0 Å². The molecule has 0 fully saturated rings. The van der Waals surface area contributed by atoms with Gasteiger partial charge >= 0.3 is 6.03 Å². The smallest absolute Gasteiger partial charge is 0.319 e. The molecular formula is C13H18F2N2O2. The van der Waals surface area contributed by atoms with Crippen molar-refractivity contribution in [3.63, 3.8) is 0 Å². The lowest BCUT2D eigenvalue weighted by Crippen LogP contribution is -2.50. The molecular weight excluding hydrogens is 254 g/mol. The van der Waals surface area contributed by atoms with E-state index >= 15 is 0 Å². The van der Waals surface area contributed by atoms with E-state index in [4.69, 9.17) is 0 Å². The molecule has 0 bridgehead atoms. The molecule has 0 aliphatic rings. The molecule has 1 atom stereocenters. The van der Waals surface area contributed by atoms with Gasteiger partial charge in [-0.1, -0.05) is 19.4 Å². The van der Waals surface area contributed by atoms with Gasteiger partial charge in [-0.15, -0.1) is 0 Å². The molecule has 3 N–H and O–H groups in total. The Morgan fingerprint density at radius 3 is 2.68 bits per heavy atom. The summed E-state index contributed by atoms with van der Waals surface area (Å²) in [7, 11) is 0. The van der Waals surface area contributed by atoms with E-state index in [-0.39, 0.29) is 12.3 Å². The van der Waals surface area contributed by atoms with Gasteiger partial charge < -0.3 is 15.7 Å². The first-order chi connectivity index (χ1) is 8.91. The first-order valence-corrected chi connectivity index (χ1v) is 6.06. The van der Waals surface area contributed by atoms with E-state index < -0.39 is 23.2 Å². The van der Waals surface area contributed by atoms with Gasteiger partial charge in [0.2, 0.25) is 0 Å². The Morgan fingerprint density at radius 1 is 1.42 bits per heavy atom. The van der Waals surface area contributed by atoms with Crippen molar-refractivity contribution in [2.75, 3.05) is 11.9 Å². The zero-order valence-corrected chi connectivity index (χ0v) is 11.0. The number of nitrogens with one attached hydrogen (secondary N) is 2. The molecule has 0 aliphatic carbocycles. The second-order valence-electron chi connectivity index (χ2n) is 4.65. The molecule has 4 nitrogen and oxygen atoms in total. The van der Waals surface area contributed by atoms with Crippen LogP contribution in [0.25, 0.3) is 0 Å². The van der Waals surface area contributed by atoms with Crippen LogP contribution in [0, 0.1) is 11.6 Å². The number of benzene rings is 1. The van der Waals surface area contributed by atoms with E-state index in [1.54, 1.807) is 6.92 Å². The Bertz CT molecular complexity index is 454. The number of hydrogen-bond acceptors (Lipinski definition) is 2. The highest BCUT2D eigenvalue weighted by Crippen LogP contribution is 2.17. The lowest BCUT2D eigenvalue weighted by molar-refractivity contribution is 0.167. The summed E-state index contributed by atoms with van der Waals surface area (Å²) in [6.07, 6.45) is 1.34. The van der Waals surface area contributed by atoms with Gasteiger partial charge in [0, 0.05) is 0 Å². The van der Waals surface area contributed by atoms with Crippen LogP contribution < -0.4 is 10.6 Å². The highest BCUT2D eigenvalue weighted by molar-refractivity contribution is 5.89. The fraction of sp³-hybridized carbons (Fsp3) is 0.462. The maximum atomic E-state index is 13.4. The predicted octanol–water partition coefficient (Wildman–Crippen LogP) is 2.64. The van der Waals surface area contributed by atoms with Crippen LogP contribution in [0.15, 0.2) is 18.2 Å². The topological polar surface area (TPSA) is 61.4 Å². The largest absolute Gasteiger partial charge is 0.394 e. The minimum Gasteiger partial charge on any atom is -0.394 e. The summed E-state index contributed by atoms with van der Waals surface area (Å²) in [4.78, 5) is 11.7. The van der Waals surface area contributed by atoms with Gasteiger partial charge in [0.05, 0.1) is 17.8 Å². The summed E-state index contributed by atoms with van der Waals surface area (Å²) >= 11 is 0. The first-order valence-electron chi connectivity index (χ1n) is 6.06. The highest BCUT2D eigenvalue weighted by atomic mass is 19.2. The third kappa shape index (κ3) is 4.17. The first kappa shape index (κ1) is 15.4. The molecule has 106 valence electrons. The van der Waals surface area contributed by atoms with E-state index in [1.807, 2.05) is 6.92 Å². The minimum atomic E-state index is -1.11. The molecule has 0 aliphatic heterocycles. The molecule has 0 spiro atoms. The third-order valence-electron chi connectivity index (χ3n) is 2.77. The molecule has 1 unspecified atom stereocenters. The van der Waals surface area contributed by atoms with Crippen molar-refractivity contribution in [1.29, 1.82) is 0 Å². The van der Waals surface area contributed by atoms with Crippen molar-refractivity contribution >= 4 is 11.7 Å². The molecule has 0 saturated carbocycles. The van der Waals surface area contributed by atoms with E-state index in [9.17, 15) is 18.7 Å². The van der Waals surface area contributed by atoms with Gasteiger partial charge in [0.25, 0.3) is 0 Å². The fourth-order valence-electron chi connectivity index (χ4n) is 1.76. The van der Waals surface area contributed by atoms with Crippen LogP contribution in [0.4, 0.5) is 19.3 Å². The highest BCUT2D eigenvalue weighted by Gasteiger charge is 2.24. The standard InChI is InChI=1S/C13H18F2N2O2/c1-3-7-13(2,8-18)17-12(19)16-10-6-4-5-9(14)11(10)15/h4-6,18H,3,7-8H2,1-2H3,(H2,16,17,19). The Morgan fingerprint density at radius 2 is 2.11 bits per heavy atom. The van der Waals surface area contributed by atoms with Gasteiger partial charge in [0.1, 0.15) is 0 Å². The lowest BCUT2D eigenvalue weighted by Gasteiger charge is -2.28. The second-order valence-corrected chi connectivity index (χ2v) is 4.65. The molecule has 6 heteroatoms. The van der Waals surface area contributed by atoms with Crippen LogP contribution in [-0.2, 0) is 0 Å². The molecule has 0 aromatic heterocycles. The number of aliphatic hydroxyl groups excluding tert-OH is 1. The van der Waals surface area contributed by atoms with Gasteiger partial charge in [0.15, 0.2) is 11.6 Å². The van der Waals surface area contributed by atoms with Crippen molar-refractivity contribution in [1.82, 2.24) is 5.32 Å². The van der Waals surface area contributed by atoms with Gasteiger partial charge in [-0.05, 0) is 25.5 Å². The number of carbonyl (C=O) groups is 1. The van der Waals surface area contributed by atoms with Crippen LogP contribution in [0.1, 0.15) is 26.7 Å². The van der Waals surface area contributed by atoms with Crippen LogP contribution in [0.5, 0.6) is 0 Å². The number of anilines is 1. The quantitative estimate of drug-likeness (QED) is 0.771. The van der Waals surface area contributed by atoms with Gasteiger partial charge in [-0.25, -0.2) is 13.6 Å². The Kier molecular flexibility index (Phi) is 5.23. The van der Waals surface area contributed by atoms with Gasteiger partial charge in [-0.3, -0.25) is 0 Å². The van der Waals surface area contributed by atoms with Crippen LogP contribution in [0.2, 0.25) is 0 Å². The van der Waals surface area contributed by atoms with Crippen molar-refractivity contribution in [2.24, 2.45) is 0 Å². The number of urea groups is 1. The number of carbonyl (C=O) groups excluding carboxylic acids is 1. The van der Waals surface area contributed by atoms with E-state index in [0.717, 1.165) is 12.5 Å². The molecule has 2 amide bonds. The zero-order valence-electron chi connectivity index (χ0n) is 11.0. The van der Waals surface area contributed by atoms with E-state index in [2.05, 4.69) is 10.6 Å². The second kappa shape index (κ2) is 6.47. The molecule has 1 aromatic rings. The van der Waals surface area contributed by atoms with Gasteiger partial charge in [-0.2, -0.15) is 0 Å².